The zero-order chi connectivity index (χ0) is 65.6. The number of sulfone groups is 1. The van der Waals surface area contributed by atoms with E-state index in [4.69, 9.17) is 10.5 Å². The standard InChI is InChI=1S/C20H22FNO3S.C20H22FNOS.C14H18INO.C11H14IN.C6H5FS.C3H5BrO/c21-16-5-2-6-18(10-16)26(24,25)19-7-8-20-14(9-19)3-1-4-15(20)11-22-12-17(23)13-22;21-16-5-2-6-18(10-16)24-19-7-8-20-14(9-19)3-1-4-15(20)11-22-12-17(23)13-22;15-12-4-5-14-10(6-12)2-1-3-11(14)7-16-8-13(17)9-16;12-10-4-5-11-8(6-10)2-1-3-9(11)7-13;7-5-2-1-3-6(8)4-5;4-1-3-2-5-3/h2,5-10,15,17,23H,1,3-4,11-13H2;2,5-10,15,17,23H,1,3-4,11-13H2;4-6,11,13,17H,1-3,7-9H2;4-6,9H,1-3,7,13H2;1-4,8H;3H,1-2H2/t2*15-;11-;9-;;/m0000../s1. The molecule has 4 aliphatic carbocycles. The van der Waals surface area contributed by atoms with Crippen LogP contribution in [0.4, 0.5) is 13.2 Å². The summed E-state index contributed by atoms with van der Waals surface area (Å²) in [5.41, 5.74) is 17.1. The molecule has 4 saturated heterocycles. The topological polar surface area (TPSA) is 143 Å². The number of likely N-dealkylation sites (tertiary alicyclic amines) is 3. The number of β-amino-alcohol motifs (C(OH)–C–C–N with tert-alkyl or cyclic N) is 3. The number of nitrogens with two attached hydrogens (primary N) is 1. The second-order valence-electron chi connectivity index (χ2n) is 25.7. The van der Waals surface area contributed by atoms with Crippen LogP contribution in [0, 0.1) is 24.6 Å². The van der Waals surface area contributed by atoms with Crippen LogP contribution >= 0.6 is 85.5 Å². The number of thiol groups is 1. The molecule has 1 unspecified atom stereocenters. The number of benzene rings is 7. The number of aryl methyl sites for hydroxylation is 4. The van der Waals surface area contributed by atoms with Crippen LogP contribution in [0.15, 0.2) is 170 Å². The van der Waals surface area contributed by atoms with Gasteiger partial charge in [-0.2, -0.15) is 0 Å². The highest BCUT2D eigenvalue weighted by Crippen LogP contribution is 2.40. The Bertz CT molecular complexity index is 3690. The largest absolute Gasteiger partial charge is 0.390 e. The van der Waals surface area contributed by atoms with Gasteiger partial charge in [-0.1, -0.05) is 70.2 Å². The van der Waals surface area contributed by atoms with E-state index < -0.39 is 15.7 Å². The molecule has 19 heteroatoms. The van der Waals surface area contributed by atoms with Gasteiger partial charge >= 0.3 is 0 Å². The van der Waals surface area contributed by atoms with Gasteiger partial charge in [-0.25, -0.2) is 21.6 Å². The third-order valence-corrected chi connectivity index (χ3v) is 23.6. The molecule has 8 aliphatic rings. The van der Waals surface area contributed by atoms with E-state index in [0.717, 1.165) is 120 Å². The number of alkyl halides is 1. The van der Waals surface area contributed by atoms with E-state index in [9.17, 15) is 36.9 Å². The van der Waals surface area contributed by atoms with Crippen molar-refractivity contribution in [3.8, 4) is 0 Å². The molecule has 0 amide bonds. The van der Waals surface area contributed by atoms with E-state index in [1.54, 1.807) is 59.3 Å². The second kappa shape index (κ2) is 34.9. The van der Waals surface area contributed by atoms with Crippen molar-refractivity contribution in [3.63, 3.8) is 0 Å². The van der Waals surface area contributed by atoms with Crippen LogP contribution in [0.2, 0.25) is 0 Å². The first-order valence-electron chi connectivity index (χ1n) is 32.7. The number of aliphatic hydroxyl groups is 3. The monoisotopic (exact) mass is 1610 g/mol. The smallest absolute Gasteiger partial charge is 0.206 e. The molecule has 4 aliphatic heterocycles. The maximum atomic E-state index is 13.4. The van der Waals surface area contributed by atoms with Crippen molar-refractivity contribution in [1.29, 1.82) is 0 Å². The molecular formula is C74H86BrF3I2N4O6S3. The van der Waals surface area contributed by atoms with Crippen LogP contribution in [0.25, 0.3) is 0 Å². The minimum atomic E-state index is -3.72. The number of halogens is 6. The van der Waals surface area contributed by atoms with Crippen molar-refractivity contribution in [1.82, 2.24) is 14.7 Å². The summed E-state index contributed by atoms with van der Waals surface area (Å²) < 4.78 is 72.0. The van der Waals surface area contributed by atoms with E-state index in [0.29, 0.717) is 34.7 Å². The normalized spacial score (nSPS) is 21.7. The Labute approximate surface area is 593 Å². The molecule has 0 radical (unpaired) electrons. The highest BCUT2D eigenvalue weighted by molar-refractivity contribution is 14.1. The molecule has 7 aromatic rings. The van der Waals surface area contributed by atoms with E-state index in [2.05, 4.69) is 143 Å². The van der Waals surface area contributed by atoms with Crippen molar-refractivity contribution in [2.75, 3.05) is 77.4 Å². The minimum absolute atomic E-state index is 0.0145. The van der Waals surface area contributed by atoms with Gasteiger partial charge in [-0.05, 0) is 300 Å². The predicted octanol–water partition coefficient (Wildman–Crippen LogP) is 14.8. The quantitative estimate of drug-likeness (QED) is 0.0345. The van der Waals surface area contributed by atoms with Gasteiger partial charge in [0.2, 0.25) is 9.84 Å². The van der Waals surface area contributed by atoms with Gasteiger partial charge in [0.15, 0.2) is 0 Å². The fourth-order valence-corrected chi connectivity index (χ4v) is 17.6. The molecular weight excluding hydrogens is 1530 g/mol. The third-order valence-electron chi connectivity index (χ3n) is 18.6. The van der Waals surface area contributed by atoms with Crippen molar-refractivity contribution in [2.45, 2.75) is 150 Å². The van der Waals surface area contributed by atoms with E-state index in [-0.39, 0.29) is 39.7 Å². The molecule has 0 aromatic heterocycles. The average molecular weight is 1610 g/mol. The van der Waals surface area contributed by atoms with Crippen LogP contribution in [-0.4, -0.2) is 140 Å². The summed E-state index contributed by atoms with van der Waals surface area (Å²) in [5.74, 6) is 1.27. The fourth-order valence-electron chi connectivity index (χ4n) is 13.7. The molecule has 7 aromatic carbocycles. The second-order valence-corrected chi connectivity index (χ2v) is 32.5. The summed E-state index contributed by atoms with van der Waals surface area (Å²) in [7, 11) is -3.72. The van der Waals surface area contributed by atoms with Gasteiger partial charge in [0, 0.05) is 86.1 Å². The lowest BCUT2D eigenvalue weighted by Gasteiger charge is -2.39. The SMILES string of the molecule is BrCC1CO1.Fc1cccc(S)c1.NC[C@@H]1CCCc2cc(I)ccc21.O=S(=O)(c1cccc(F)c1)c1ccc2c(c1)CCC[C@H]2CN1CC(O)C1.OC1CN(C[C@@H]2CCCc3cc(I)ccc32)C1.OC1CN(C[C@@H]2CCCc3cc(Sc4cccc(F)c4)ccc32)C1. The predicted molar refractivity (Wildman–Crippen MR) is 390 cm³/mol. The zero-order valence-electron chi connectivity index (χ0n) is 52.5. The summed E-state index contributed by atoms with van der Waals surface area (Å²) in [6, 6.07) is 43.7. The highest BCUT2D eigenvalue weighted by Gasteiger charge is 2.33. The first kappa shape index (κ1) is 72.3. The lowest BCUT2D eigenvalue weighted by molar-refractivity contribution is -0.00226. The minimum Gasteiger partial charge on any atom is -0.390 e. The van der Waals surface area contributed by atoms with Crippen molar-refractivity contribution in [2.24, 2.45) is 5.73 Å². The number of aliphatic hydroxyl groups excluding tert-OH is 3. The Hall–Kier alpha value is -3.40. The Kier molecular flexibility index (Phi) is 27.1. The maximum absolute atomic E-state index is 13.4. The molecule has 5 atom stereocenters. The maximum Gasteiger partial charge on any atom is 0.206 e. The highest BCUT2D eigenvalue weighted by atomic mass is 127. The molecule has 498 valence electrons. The summed E-state index contributed by atoms with van der Waals surface area (Å²) in [6.45, 7) is 9.67. The number of fused-ring (bicyclic) bond motifs is 4. The number of nitrogens with zero attached hydrogens (tertiary/aromatic N) is 3. The summed E-state index contributed by atoms with van der Waals surface area (Å²) in [4.78, 5) is 9.95. The van der Waals surface area contributed by atoms with Gasteiger partial charge in [0.25, 0.3) is 0 Å². The van der Waals surface area contributed by atoms with Gasteiger partial charge in [-0.3, -0.25) is 14.7 Å². The lowest BCUT2D eigenvalue weighted by Crippen LogP contribution is -2.52. The number of ether oxygens (including phenoxy) is 1. The van der Waals surface area contributed by atoms with Gasteiger partial charge in [0.05, 0.1) is 40.8 Å². The molecule has 4 heterocycles. The van der Waals surface area contributed by atoms with Crippen LogP contribution in [0.3, 0.4) is 0 Å². The van der Waals surface area contributed by atoms with Crippen LogP contribution in [0.1, 0.15) is 120 Å². The molecule has 5 N–H and O–H groups in total. The molecule has 0 bridgehead atoms. The van der Waals surface area contributed by atoms with E-state index in [1.807, 2.05) is 12.1 Å². The third kappa shape index (κ3) is 21.1. The molecule has 4 fully saturated rings. The zero-order valence-corrected chi connectivity index (χ0v) is 60.9. The number of rotatable bonds is 12. The van der Waals surface area contributed by atoms with Crippen molar-refractivity contribution >= 4 is 95.3 Å². The molecule has 0 spiro atoms. The van der Waals surface area contributed by atoms with Gasteiger partial charge < -0.3 is 25.8 Å². The Balaban J connectivity index is 0.000000130. The van der Waals surface area contributed by atoms with E-state index in [1.165, 1.54) is 128 Å². The molecule has 10 nitrogen and oxygen atoms in total. The number of hydrogen-bond donors (Lipinski definition) is 5. The fraction of sp³-hybridized carbons (Fsp3) is 0.432. The van der Waals surface area contributed by atoms with Crippen LogP contribution < -0.4 is 5.73 Å². The summed E-state index contributed by atoms with van der Waals surface area (Å²) in [6.07, 6.45) is 14.4. The molecule has 0 saturated carbocycles. The van der Waals surface area contributed by atoms with Crippen LogP contribution in [-0.2, 0) is 40.3 Å². The first-order valence-corrected chi connectivity index (χ1v) is 38.7. The molecule has 93 heavy (non-hydrogen) atoms. The molecule has 15 rings (SSSR count). The number of epoxide rings is 1. The van der Waals surface area contributed by atoms with Gasteiger partial charge in [0.1, 0.15) is 17.5 Å². The Morgan fingerprint density at radius 2 is 0.914 bits per heavy atom. The Morgan fingerprint density at radius 3 is 1.33 bits per heavy atom. The van der Waals surface area contributed by atoms with Gasteiger partial charge in [-0.15, -0.1) is 12.6 Å². The average Bonchev–Trinajstić information content (AvgIpc) is 1.72. The van der Waals surface area contributed by atoms with E-state index >= 15 is 0 Å². The lowest BCUT2D eigenvalue weighted by atomic mass is 9.82. The first-order chi connectivity index (χ1) is 44.8. The summed E-state index contributed by atoms with van der Waals surface area (Å²) >= 11 is 13.6. The van der Waals surface area contributed by atoms with Crippen LogP contribution in [0.5, 0.6) is 0 Å². The number of hydrogen-bond acceptors (Lipinski definition) is 12. The van der Waals surface area contributed by atoms with Crippen molar-refractivity contribution < 1.29 is 41.6 Å². The Morgan fingerprint density at radius 1 is 0.516 bits per heavy atom. The summed E-state index contributed by atoms with van der Waals surface area (Å²) in [5, 5.41) is 29.3. The van der Waals surface area contributed by atoms with Crippen molar-refractivity contribution in [3.05, 3.63) is 215 Å².